The van der Waals surface area contributed by atoms with Gasteiger partial charge in [-0.3, -0.25) is 4.21 Å². The zero-order chi connectivity index (χ0) is 11.5. The molecule has 2 heteroatoms. The van der Waals surface area contributed by atoms with E-state index >= 15 is 0 Å². The van der Waals surface area contributed by atoms with E-state index in [4.69, 9.17) is 0 Å². The van der Waals surface area contributed by atoms with Crippen molar-refractivity contribution in [2.75, 3.05) is 5.75 Å². The van der Waals surface area contributed by atoms with Crippen LogP contribution in [0.15, 0.2) is 24.3 Å². The first-order valence-electron chi connectivity index (χ1n) is 6.09. The molecule has 1 fully saturated rings. The second-order valence-corrected chi connectivity index (χ2v) is 6.59. The van der Waals surface area contributed by atoms with E-state index in [1.54, 1.807) is 0 Å². The predicted molar refractivity (Wildman–Crippen MR) is 70.0 cm³/mol. The number of rotatable bonds is 5. The van der Waals surface area contributed by atoms with Crippen LogP contribution in [0.25, 0.3) is 0 Å². The Bertz CT molecular complexity index is 363. The maximum atomic E-state index is 11.8. The molecule has 0 heterocycles. The Balaban J connectivity index is 1.90. The molecule has 1 aliphatic rings. The fourth-order valence-corrected chi connectivity index (χ4v) is 3.33. The highest BCUT2D eigenvalue weighted by atomic mass is 32.2. The lowest BCUT2D eigenvalue weighted by atomic mass is 10.0. The van der Waals surface area contributed by atoms with Crippen LogP contribution in [0.3, 0.4) is 0 Å². The monoisotopic (exact) mass is 236 g/mol. The quantitative estimate of drug-likeness (QED) is 0.765. The van der Waals surface area contributed by atoms with Crippen molar-refractivity contribution in [2.45, 2.75) is 38.4 Å². The second-order valence-electron chi connectivity index (χ2n) is 5.09. The van der Waals surface area contributed by atoms with Gasteiger partial charge in [-0.25, -0.2) is 0 Å². The van der Waals surface area contributed by atoms with Crippen molar-refractivity contribution in [3.63, 3.8) is 0 Å². The van der Waals surface area contributed by atoms with Gasteiger partial charge in [-0.15, -0.1) is 0 Å². The van der Waals surface area contributed by atoms with Gasteiger partial charge in [0.15, 0.2) is 0 Å². The summed E-state index contributed by atoms with van der Waals surface area (Å²) in [6.45, 7) is 4.39. The summed E-state index contributed by atoms with van der Waals surface area (Å²) < 4.78 is 11.8. The summed E-state index contributed by atoms with van der Waals surface area (Å²) in [5, 5.41) is 0. The summed E-state index contributed by atoms with van der Waals surface area (Å²) in [5.74, 6) is 2.97. The molecule has 1 aromatic rings. The van der Waals surface area contributed by atoms with Crippen LogP contribution in [0.1, 0.15) is 43.7 Å². The van der Waals surface area contributed by atoms with Gasteiger partial charge in [0, 0.05) is 22.3 Å². The van der Waals surface area contributed by atoms with Gasteiger partial charge < -0.3 is 0 Å². The SMILES string of the molecule is CC(C)c1ccc(C[S@](=O)CC2CC2)cc1. The molecule has 16 heavy (non-hydrogen) atoms. The maximum Gasteiger partial charge on any atom is 0.0485 e. The van der Waals surface area contributed by atoms with Crippen molar-refractivity contribution in [3.8, 4) is 0 Å². The third kappa shape index (κ3) is 3.44. The highest BCUT2D eigenvalue weighted by Crippen LogP contribution is 2.30. The average Bonchev–Trinajstić information content (AvgIpc) is 3.02. The standard InChI is InChI=1S/C14H20OS/c1-11(2)14-7-5-13(6-8-14)10-16(15)9-12-3-4-12/h5-8,11-12H,3-4,9-10H2,1-2H3/t16-/m1/s1. The molecule has 0 bridgehead atoms. The Kier molecular flexibility index (Phi) is 3.80. The highest BCUT2D eigenvalue weighted by molar-refractivity contribution is 7.84. The molecule has 0 N–H and O–H groups in total. The third-order valence-corrected chi connectivity index (χ3v) is 4.59. The Morgan fingerprint density at radius 2 is 1.88 bits per heavy atom. The summed E-state index contributed by atoms with van der Waals surface area (Å²) in [6.07, 6.45) is 2.58. The lowest BCUT2D eigenvalue weighted by Gasteiger charge is -2.06. The molecule has 1 saturated carbocycles. The first-order valence-corrected chi connectivity index (χ1v) is 7.58. The van der Waals surface area contributed by atoms with Crippen molar-refractivity contribution in [3.05, 3.63) is 35.4 Å². The third-order valence-electron chi connectivity index (χ3n) is 3.09. The molecule has 0 amide bonds. The van der Waals surface area contributed by atoms with Gasteiger partial charge in [-0.05, 0) is 35.8 Å². The second kappa shape index (κ2) is 5.13. The minimum atomic E-state index is -0.656. The average molecular weight is 236 g/mol. The van der Waals surface area contributed by atoms with Crippen LogP contribution in [0.4, 0.5) is 0 Å². The zero-order valence-electron chi connectivity index (χ0n) is 10.1. The van der Waals surface area contributed by atoms with Crippen LogP contribution in [-0.2, 0) is 16.6 Å². The van der Waals surface area contributed by atoms with Gasteiger partial charge in [0.25, 0.3) is 0 Å². The molecule has 1 nitrogen and oxygen atoms in total. The smallest absolute Gasteiger partial charge is 0.0485 e. The van der Waals surface area contributed by atoms with E-state index in [1.807, 2.05) is 0 Å². The Morgan fingerprint density at radius 1 is 1.25 bits per heavy atom. The van der Waals surface area contributed by atoms with Crippen LogP contribution in [0.5, 0.6) is 0 Å². The first-order chi connectivity index (χ1) is 7.65. The fourth-order valence-electron chi connectivity index (χ4n) is 1.79. The summed E-state index contributed by atoms with van der Waals surface area (Å²) in [6, 6.07) is 8.57. The predicted octanol–water partition coefficient (Wildman–Crippen LogP) is 3.47. The van der Waals surface area contributed by atoms with Crippen LogP contribution in [0.2, 0.25) is 0 Å². The minimum absolute atomic E-state index is 0.575. The first kappa shape index (κ1) is 11.8. The van der Waals surface area contributed by atoms with Crippen LogP contribution >= 0.6 is 0 Å². The van der Waals surface area contributed by atoms with Gasteiger partial charge in [0.05, 0.1) is 0 Å². The zero-order valence-corrected chi connectivity index (χ0v) is 10.9. The molecular weight excluding hydrogens is 216 g/mol. The number of hydrogen-bond acceptors (Lipinski definition) is 1. The molecule has 0 aromatic heterocycles. The summed E-state index contributed by atoms with van der Waals surface area (Å²) in [5.41, 5.74) is 2.57. The highest BCUT2D eigenvalue weighted by Gasteiger charge is 2.23. The summed E-state index contributed by atoms with van der Waals surface area (Å²) in [4.78, 5) is 0. The van der Waals surface area contributed by atoms with E-state index in [0.717, 1.165) is 17.4 Å². The van der Waals surface area contributed by atoms with Crippen molar-refractivity contribution in [1.82, 2.24) is 0 Å². The molecule has 1 aromatic carbocycles. The topological polar surface area (TPSA) is 17.1 Å². The van der Waals surface area contributed by atoms with E-state index in [9.17, 15) is 4.21 Å². The van der Waals surface area contributed by atoms with Crippen molar-refractivity contribution >= 4 is 10.8 Å². The van der Waals surface area contributed by atoms with Crippen LogP contribution < -0.4 is 0 Å². The molecule has 1 aliphatic carbocycles. The van der Waals surface area contributed by atoms with E-state index < -0.39 is 10.8 Å². The van der Waals surface area contributed by atoms with Crippen molar-refractivity contribution in [1.29, 1.82) is 0 Å². The molecular formula is C14H20OS. The number of benzene rings is 1. The molecule has 0 aliphatic heterocycles. The summed E-state index contributed by atoms with van der Waals surface area (Å²) in [7, 11) is -0.656. The van der Waals surface area contributed by atoms with Crippen LogP contribution in [0, 0.1) is 5.92 Å². The fraction of sp³-hybridized carbons (Fsp3) is 0.571. The van der Waals surface area contributed by atoms with Gasteiger partial charge in [-0.2, -0.15) is 0 Å². The maximum absolute atomic E-state index is 11.8. The molecule has 0 unspecified atom stereocenters. The van der Waals surface area contributed by atoms with E-state index in [0.29, 0.717) is 5.92 Å². The normalized spacial score (nSPS) is 17.7. The van der Waals surface area contributed by atoms with E-state index in [2.05, 4.69) is 38.1 Å². The molecule has 1 atom stereocenters. The molecule has 2 rings (SSSR count). The van der Waals surface area contributed by atoms with Crippen molar-refractivity contribution in [2.24, 2.45) is 5.92 Å². The van der Waals surface area contributed by atoms with Crippen LogP contribution in [-0.4, -0.2) is 9.96 Å². The minimum Gasteiger partial charge on any atom is -0.259 e. The Hall–Kier alpha value is -0.630. The Morgan fingerprint density at radius 3 is 2.38 bits per heavy atom. The number of hydrogen-bond donors (Lipinski definition) is 0. The van der Waals surface area contributed by atoms with Gasteiger partial charge in [0.2, 0.25) is 0 Å². The van der Waals surface area contributed by atoms with Gasteiger partial charge in [-0.1, -0.05) is 38.1 Å². The largest absolute Gasteiger partial charge is 0.259 e. The Labute approximate surface area is 101 Å². The van der Waals surface area contributed by atoms with Gasteiger partial charge >= 0.3 is 0 Å². The van der Waals surface area contributed by atoms with E-state index in [-0.39, 0.29) is 0 Å². The molecule has 0 radical (unpaired) electrons. The lowest BCUT2D eigenvalue weighted by Crippen LogP contribution is -2.02. The van der Waals surface area contributed by atoms with E-state index in [1.165, 1.54) is 24.0 Å². The lowest BCUT2D eigenvalue weighted by molar-refractivity contribution is 0.679. The summed E-state index contributed by atoms with van der Waals surface area (Å²) >= 11 is 0. The molecule has 0 spiro atoms. The van der Waals surface area contributed by atoms with Crippen molar-refractivity contribution < 1.29 is 4.21 Å². The molecule has 88 valence electrons. The molecule has 0 saturated heterocycles. The van der Waals surface area contributed by atoms with Gasteiger partial charge in [0.1, 0.15) is 0 Å².